The number of pyridine rings is 1. The first-order valence-corrected chi connectivity index (χ1v) is 4.82. The first kappa shape index (κ1) is 12.1. The van der Waals surface area contributed by atoms with E-state index in [9.17, 15) is 9.59 Å². The molecule has 4 N–H and O–H groups in total. The molecule has 0 aromatic carbocycles. The van der Waals surface area contributed by atoms with Gasteiger partial charge in [0, 0.05) is 12.7 Å². The summed E-state index contributed by atoms with van der Waals surface area (Å²) in [6.45, 7) is 1.01. The van der Waals surface area contributed by atoms with Gasteiger partial charge in [-0.1, -0.05) is 0 Å². The summed E-state index contributed by atoms with van der Waals surface area (Å²) in [5.74, 6) is -1.40. The number of nitrogens with one attached hydrogen (secondary N) is 1. The Morgan fingerprint density at radius 3 is 2.69 bits per heavy atom. The largest absolute Gasteiger partial charge is 0.477 e. The van der Waals surface area contributed by atoms with E-state index < -0.39 is 5.97 Å². The SMILES string of the molecule is NCCCNC(=O)c1ccc(C(=O)O)nc1. The van der Waals surface area contributed by atoms with Crippen molar-refractivity contribution < 1.29 is 14.7 Å². The molecule has 0 unspecified atom stereocenters. The van der Waals surface area contributed by atoms with E-state index in [0.717, 1.165) is 0 Å². The van der Waals surface area contributed by atoms with Gasteiger partial charge in [-0.25, -0.2) is 9.78 Å². The molecule has 86 valence electrons. The first-order valence-electron chi connectivity index (χ1n) is 4.82. The summed E-state index contributed by atoms with van der Waals surface area (Å²) in [4.78, 5) is 25.6. The number of amides is 1. The molecule has 0 saturated carbocycles. The standard InChI is InChI=1S/C10H13N3O3/c11-4-1-5-12-9(14)7-2-3-8(10(15)16)13-6-7/h2-3,6H,1,4-5,11H2,(H,12,14)(H,15,16). The average Bonchev–Trinajstić information content (AvgIpc) is 2.29. The van der Waals surface area contributed by atoms with E-state index in [0.29, 0.717) is 25.1 Å². The van der Waals surface area contributed by atoms with Gasteiger partial charge < -0.3 is 16.2 Å². The Morgan fingerprint density at radius 1 is 1.44 bits per heavy atom. The number of hydrogen-bond acceptors (Lipinski definition) is 4. The lowest BCUT2D eigenvalue weighted by molar-refractivity contribution is 0.0689. The number of carbonyl (C=O) groups is 2. The molecule has 1 heterocycles. The summed E-state index contributed by atoms with van der Waals surface area (Å²) in [5, 5.41) is 11.3. The van der Waals surface area contributed by atoms with Gasteiger partial charge in [0.15, 0.2) is 0 Å². The predicted molar refractivity (Wildman–Crippen MR) is 57.2 cm³/mol. The van der Waals surface area contributed by atoms with Crippen molar-refractivity contribution in [1.82, 2.24) is 10.3 Å². The summed E-state index contributed by atoms with van der Waals surface area (Å²) in [5.41, 5.74) is 5.53. The van der Waals surface area contributed by atoms with Crippen LogP contribution in [-0.2, 0) is 0 Å². The van der Waals surface area contributed by atoms with Crippen LogP contribution in [0.3, 0.4) is 0 Å². The van der Waals surface area contributed by atoms with Crippen molar-refractivity contribution in [3.63, 3.8) is 0 Å². The van der Waals surface area contributed by atoms with E-state index in [1.54, 1.807) is 0 Å². The second kappa shape index (κ2) is 5.82. The lowest BCUT2D eigenvalue weighted by atomic mass is 10.2. The van der Waals surface area contributed by atoms with Crippen molar-refractivity contribution in [2.45, 2.75) is 6.42 Å². The van der Waals surface area contributed by atoms with E-state index in [1.807, 2.05) is 0 Å². The van der Waals surface area contributed by atoms with E-state index in [1.165, 1.54) is 18.3 Å². The van der Waals surface area contributed by atoms with Gasteiger partial charge in [-0.05, 0) is 25.1 Å². The molecule has 0 fully saturated rings. The Labute approximate surface area is 92.5 Å². The quantitative estimate of drug-likeness (QED) is 0.602. The number of hydrogen-bond donors (Lipinski definition) is 3. The molecule has 0 aliphatic heterocycles. The Kier molecular flexibility index (Phi) is 4.41. The molecule has 0 bridgehead atoms. The van der Waals surface area contributed by atoms with Crippen LogP contribution in [0.15, 0.2) is 18.3 Å². The second-order valence-electron chi connectivity index (χ2n) is 3.14. The Morgan fingerprint density at radius 2 is 2.19 bits per heavy atom. The van der Waals surface area contributed by atoms with Crippen molar-refractivity contribution >= 4 is 11.9 Å². The van der Waals surface area contributed by atoms with E-state index in [2.05, 4.69) is 10.3 Å². The second-order valence-corrected chi connectivity index (χ2v) is 3.14. The lowest BCUT2D eigenvalue weighted by Gasteiger charge is -2.03. The number of rotatable bonds is 5. The maximum Gasteiger partial charge on any atom is 0.354 e. The minimum atomic E-state index is -1.12. The summed E-state index contributed by atoms with van der Waals surface area (Å²) >= 11 is 0. The smallest absolute Gasteiger partial charge is 0.354 e. The normalized spacial score (nSPS) is 9.81. The summed E-state index contributed by atoms with van der Waals surface area (Å²) in [6.07, 6.45) is 1.94. The minimum absolute atomic E-state index is 0.0847. The van der Waals surface area contributed by atoms with Crippen LogP contribution in [0.5, 0.6) is 0 Å². The molecular formula is C10H13N3O3. The molecule has 1 amide bonds. The van der Waals surface area contributed by atoms with E-state index >= 15 is 0 Å². The third-order valence-electron chi connectivity index (χ3n) is 1.91. The van der Waals surface area contributed by atoms with Gasteiger partial charge in [0.1, 0.15) is 5.69 Å². The first-order chi connectivity index (χ1) is 7.65. The number of carboxylic acids is 1. The molecule has 1 aromatic rings. The number of nitrogens with two attached hydrogens (primary N) is 1. The zero-order valence-electron chi connectivity index (χ0n) is 8.64. The average molecular weight is 223 g/mol. The summed E-state index contributed by atoms with van der Waals surface area (Å²) < 4.78 is 0. The van der Waals surface area contributed by atoms with Gasteiger partial charge in [-0.2, -0.15) is 0 Å². The molecule has 0 aliphatic carbocycles. The van der Waals surface area contributed by atoms with Crippen LogP contribution in [-0.4, -0.2) is 35.1 Å². The molecule has 0 saturated heterocycles. The molecule has 0 spiro atoms. The molecular weight excluding hydrogens is 210 g/mol. The number of aromatic carboxylic acids is 1. The highest BCUT2D eigenvalue weighted by Gasteiger charge is 2.08. The highest BCUT2D eigenvalue weighted by molar-refractivity contribution is 5.94. The Hall–Kier alpha value is -1.95. The van der Waals surface area contributed by atoms with Crippen molar-refractivity contribution in [2.24, 2.45) is 5.73 Å². The zero-order chi connectivity index (χ0) is 12.0. The van der Waals surface area contributed by atoms with Gasteiger partial charge in [0.25, 0.3) is 5.91 Å². The van der Waals surface area contributed by atoms with Crippen LogP contribution >= 0.6 is 0 Å². The summed E-state index contributed by atoms with van der Waals surface area (Å²) in [7, 11) is 0. The topological polar surface area (TPSA) is 105 Å². The van der Waals surface area contributed by atoms with Gasteiger partial charge in [0.2, 0.25) is 0 Å². The fourth-order valence-electron chi connectivity index (χ4n) is 1.06. The fraction of sp³-hybridized carbons (Fsp3) is 0.300. The van der Waals surface area contributed by atoms with Crippen LogP contribution in [0.1, 0.15) is 27.3 Å². The molecule has 16 heavy (non-hydrogen) atoms. The van der Waals surface area contributed by atoms with Crippen LogP contribution in [0.25, 0.3) is 0 Å². The van der Waals surface area contributed by atoms with Crippen LogP contribution in [0, 0.1) is 0 Å². The number of aromatic nitrogens is 1. The fourth-order valence-corrected chi connectivity index (χ4v) is 1.06. The van der Waals surface area contributed by atoms with Gasteiger partial charge >= 0.3 is 5.97 Å². The zero-order valence-corrected chi connectivity index (χ0v) is 8.64. The van der Waals surface area contributed by atoms with E-state index in [4.69, 9.17) is 10.8 Å². The minimum Gasteiger partial charge on any atom is -0.477 e. The van der Waals surface area contributed by atoms with Gasteiger partial charge in [-0.3, -0.25) is 4.79 Å². The summed E-state index contributed by atoms with van der Waals surface area (Å²) in [6, 6.07) is 2.72. The van der Waals surface area contributed by atoms with Crippen LogP contribution < -0.4 is 11.1 Å². The van der Waals surface area contributed by atoms with Crippen molar-refractivity contribution in [3.05, 3.63) is 29.6 Å². The molecule has 1 rings (SSSR count). The maximum atomic E-state index is 11.5. The Bertz CT molecular complexity index is 375. The number of carboxylic acid groups (broad SMARTS) is 1. The third kappa shape index (κ3) is 3.32. The highest BCUT2D eigenvalue weighted by Crippen LogP contribution is 2.00. The maximum absolute atomic E-state index is 11.5. The van der Waals surface area contributed by atoms with Gasteiger partial charge in [0.05, 0.1) is 5.56 Å². The molecule has 0 radical (unpaired) electrons. The molecule has 1 aromatic heterocycles. The third-order valence-corrected chi connectivity index (χ3v) is 1.91. The molecule has 0 aliphatic rings. The van der Waals surface area contributed by atoms with Crippen molar-refractivity contribution in [3.8, 4) is 0 Å². The molecule has 6 nitrogen and oxygen atoms in total. The van der Waals surface area contributed by atoms with Gasteiger partial charge in [-0.15, -0.1) is 0 Å². The number of nitrogens with zero attached hydrogens (tertiary/aromatic N) is 1. The van der Waals surface area contributed by atoms with Crippen LogP contribution in [0.4, 0.5) is 0 Å². The van der Waals surface area contributed by atoms with Crippen molar-refractivity contribution in [2.75, 3.05) is 13.1 Å². The highest BCUT2D eigenvalue weighted by atomic mass is 16.4. The Balaban J connectivity index is 2.59. The van der Waals surface area contributed by atoms with Crippen molar-refractivity contribution in [1.29, 1.82) is 0 Å². The van der Waals surface area contributed by atoms with E-state index in [-0.39, 0.29) is 11.6 Å². The lowest BCUT2D eigenvalue weighted by Crippen LogP contribution is -2.26. The molecule has 0 atom stereocenters. The van der Waals surface area contributed by atoms with Crippen LogP contribution in [0.2, 0.25) is 0 Å². The number of carbonyl (C=O) groups excluding carboxylic acids is 1. The molecule has 6 heteroatoms. The predicted octanol–water partition coefficient (Wildman–Crippen LogP) is -0.142. The monoisotopic (exact) mass is 223 g/mol.